The minimum atomic E-state index is -6.03. The predicted octanol–water partition coefficient (Wildman–Crippen LogP) is -2.22. The maximum Gasteiger partial charge on any atom is 0.280 e. The van der Waals surface area contributed by atoms with Gasteiger partial charge in [0.2, 0.25) is 0 Å². The standard InChI is InChI=1S/C12H20N5O13P3/c1-25-8-6(3-27-32(21,22)30-33(23,24)29-31(18,19)20)28-12(9(8)26-2)17-5-16-7-10(13)14-4-15-11(7)17/h4-6,8-9,12H,3H2,1-2H3,(H,21,22)(H,23,24)(H2,13,14,15)(H2,18,19,20)/p-3/t6-,8?,9+,12-/m1/s1. The molecule has 0 amide bonds. The number of methoxy groups -OCH3 is 2. The number of hydrogen-bond acceptors (Lipinski definition) is 16. The molecular formula is C12H17N5O13P3-3. The molecule has 1 fully saturated rings. The molecule has 186 valence electrons. The highest BCUT2D eigenvalue weighted by Crippen LogP contribution is 2.61. The maximum atomic E-state index is 11.8. The van der Waals surface area contributed by atoms with Gasteiger partial charge < -0.3 is 44.0 Å². The van der Waals surface area contributed by atoms with Crippen molar-refractivity contribution in [3.63, 3.8) is 0 Å². The van der Waals surface area contributed by atoms with Crippen LogP contribution in [0.25, 0.3) is 11.2 Å². The minimum absolute atomic E-state index is 0.105. The third-order valence-electron chi connectivity index (χ3n) is 4.29. The second-order valence-electron chi connectivity index (χ2n) is 6.37. The van der Waals surface area contributed by atoms with Gasteiger partial charge in [-0.15, -0.1) is 0 Å². The zero-order valence-corrected chi connectivity index (χ0v) is 19.4. The first-order valence-corrected chi connectivity index (χ1v) is 13.1. The molecule has 1 aliphatic rings. The zero-order chi connectivity index (χ0) is 24.6. The molecule has 3 rings (SSSR count). The van der Waals surface area contributed by atoms with E-state index in [1.807, 2.05) is 0 Å². The molecule has 1 aliphatic heterocycles. The van der Waals surface area contributed by atoms with Crippen LogP contribution in [-0.2, 0) is 41.1 Å². The average molecular weight is 532 g/mol. The minimum Gasteiger partial charge on any atom is -0.756 e. The number of phosphoric ester groups is 1. The van der Waals surface area contributed by atoms with Gasteiger partial charge in [-0.3, -0.25) is 18.3 Å². The van der Waals surface area contributed by atoms with E-state index in [-0.39, 0.29) is 17.0 Å². The van der Waals surface area contributed by atoms with Crippen molar-refractivity contribution in [2.24, 2.45) is 0 Å². The molecule has 0 radical (unpaired) electrons. The van der Waals surface area contributed by atoms with Gasteiger partial charge in [0.05, 0.1) is 12.9 Å². The second kappa shape index (κ2) is 9.71. The van der Waals surface area contributed by atoms with Crippen LogP contribution in [0.5, 0.6) is 0 Å². The summed E-state index contributed by atoms with van der Waals surface area (Å²) in [7, 11) is -15.0. The number of rotatable bonds is 10. The Morgan fingerprint density at radius 2 is 1.76 bits per heavy atom. The molecule has 3 N–H and O–H groups in total. The summed E-state index contributed by atoms with van der Waals surface area (Å²) in [6.45, 7) is -0.840. The Bertz CT molecular complexity index is 1140. The van der Waals surface area contributed by atoms with E-state index in [2.05, 4.69) is 28.1 Å². The number of hydrogen-bond donors (Lipinski definition) is 2. The Morgan fingerprint density at radius 1 is 1.09 bits per heavy atom. The largest absolute Gasteiger partial charge is 0.756 e. The van der Waals surface area contributed by atoms with Gasteiger partial charge in [0.1, 0.15) is 30.2 Å². The van der Waals surface area contributed by atoms with Crippen LogP contribution in [0.15, 0.2) is 12.7 Å². The summed E-state index contributed by atoms with van der Waals surface area (Å²) in [5.41, 5.74) is 6.31. The normalized spacial score (nSPS) is 28.9. The molecule has 0 aromatic carbocycles. The van der Waals surface area contributed by atoms with Crippen LogP contribution in [0.2, 0.25) is 0 Å². The van der Waals surface area contributed by atoms with Crippen LogP contribution >= 0.6 is 23.5 Å². The number of imidazole rings is 1. The van der Waals surface area contributed by atoms with Crippen molar-refractivity contribution in [3.05, 3.63) is 12.7 Å². The van der Waals surface area contributed by atoms with Crippen molar-refractivity contribution in [3.8, 4) is 0 Å². The van der Waals surface area contributed by atoms with E-state index >= 15 is 0 Å². The zero-order valence-electron chi connectivity index (χ0n) is 16.7. The molecule has 0 spiro atoms. The van der Waals surface area contributed by atoms with Crippen molar-refractivity contribution >= 4 is 40.4 Å². The van der Waals surface area contributed by atoms with Crippen molar-refractivity contribution in [1.82, 2.24) is 19.5 Å². The molecule has 7 atom stereocenters. The molecule has 21 heteroatoms. The summed E-state index contributed by atoms with van der Waals surface area (Å²) >= 11 is 0. The van der Waals surface area contributed by atoms with Gasteiger partial charge in [-0.25, -0.2) is 23.6 Å². The number of fused-ring (bicyclic) bond motifs is 1. The van der Waals surface area contributed by atoms with Gasteiger partial charge in [-0.2, -0.15) is 0 Å². The first kappa shape index (κ1) is 26.2. The first-order valence-electron chi connectivity index (χ1n) is 8.64. The molecule has 4 unspecified atom stereocenters. The van der Waals surface area contributed by atoms with E-state index in [0.717, 1.165) is 0 Å². The van der Waals surface area contributed by atoms with Crippen molar-refractivity contribution in [2.75, 3.05) is 26.6 Å². The molecule has 0 aliphatic carbocycles. The van der Waals surface area contributed by atoms with E-state index in [0.29, 0.717) is 0 Å². The van der Waals surface area contributed by atoms with Gasteiger partial charge in [0.15, 0.2) is 17.7 Å². The molecular weight excluding hydrogens is 515 g/mol. The fourth-order valence-electron chi connectivity index (χ4n) is 3.11. The Kier molecular flexibility index (Phi) is 7.73. The average Bonchev–Trinajstić information content (AvgIpc) is 3.24. The fourth-order valence-corrected chi connectivity index (χ4v) is 6.01. The van der Waals surface area contributed by atoms with Crippen molar-refractivity contribution < 1.29 is 60.6 Å². The molecule has 0 saturated carbocycles. The lowest BCUT2D eigenvalue weighted by Crippen LogP contribution is -2.37. The van der Waals surface area contributed by atoms with Gasteiger partial charge in [0, 0.05) is 14.2 Å². The Morgan fingerprint density at radius 3 is 2.36 bits per heavy atom. The highest BCUT2D eigenvalue weighted by Gasteiger charge is 2.47. The van der Waals surface area contributed by atoms with Crippen LogP contribution in [0, 0.1) is 0 Å². The third kappa shape index (κ3) is 6.21. The maximum absolute atomic E-state index is 11.8. The smallest absolute Gasteiger partial charge is 0.280 e. The molecule has 2 aromatic heterocycles. The van der Waals surface area contributed by atoms with Crippen molar-refractivity contribution in [1.29, 1.82) is 0 Å². The number of nitrogen functional groups attached to an aromatic ring is 1. The van der Waals surface area contributed by atoms with E-state index in [1.54, 1.807) is 0 Å². The van der Waals surface area contributed by atoms with Crippen LogP contribution in [0.3, 0.4) is 0 Å². The molecule has 18 nitrogen and oxygen atoms in total. The van der Waals surface area contributed by atoms with E-state index < -0.39 is 54.6 Å². The SMILES string of the molecule is COC1[C@@H](COP(=O)([O-])OP(=O)([O-])OP(=O)([O-])O)O[C@@H](n2cnc3c(N)ncnc32)[C@H]1OC. The number of nitrogens with two attached hydrogens (primary N) is 1. The summed E-state index contributed by atoms with van der Waals surface area (Å²) in [6.07, 6.45) is -1.38. The van der Waals surface area contributed by atoms with Crippen LogP contribution in [0.4, 0.5) is 5.82 Å². The highest BCUT2D eigenvalue weighted by atomic mass is 31.3. The van der Waals surface area contributed by atoms with E-state index in [1.165, 1.54) is 31.4 Å². The second-order valence-corrected chi connectivity index (χ2v) is 10.7. The number of anilines is 1. The quantitative estimate of drug-likeness (QED) is 0.307. The lowest BCUT2D eigenvalue weighted by molar-refractivity contribution is -0.250. The van der Waals surface area contributed by atoms with Gasteiger partial charge in [-0.1, -0.05) is 0 Å². The van der Waals surface area contributed by atoms with E-state index in [9.17, 15) is 28.4 Å². The number of nitrogens with zero attached hydrogens (tertiary/aromatic N) is 4. The van der Waals surface area contributed by atoms with Crippen LogP contribution in [-0.4, -0.2) is 63.6 Å². The van der Waals surface area contributed by atoms with Gasteiger partial charge >= 0.3 is 0 Å². The fraction of sp³-hybridized carbons (Fsp3) is 0.583. The Hall–Kier alpha value is -1.36. The first-order chi connectivity index (χ1) is 15.3. The van der Waals surface area contributed by atoms with E-state index in [4.69, 9.17) is 24.8 Å². The summed E-state index contributed by atoms with van der Waals surface area (Å²) in [4.78, 5) is 54.1. The molecule has 33 heavy (non-hydrogen) atoms. The summed E-state index contributed by atoms with van der Waals surface area (Å²) in [6, 6.07) is 0. The monoisotopic (exact) mass is 532 g/mol. The lowest BCUT2D eigenvalue weighted by atomic mass is 10.1. The third-order valence-corrected chi connectivity index (χ3v) is 7.98. The van der Waals surface area contributed by atoms with Gasteiger partial charge in [0.25, 0.3) is 23.5 Å². The molecule has 2 aromatic rings. The number of aromatic nitrogens is 4. The highest BCUT2D eigenvalue weighted by molar-refractivity contribution is 7.65. The number of ether oxygens (including phenoxy) is 3. The van der Waals surface area contributed by atoms with Crippen LogP contribution in [0.1, 0.15) is 6.23 Å². The molecule has 3 heterocycles. The Labute approximate surface area is 185 Å². The molecule has 0 bridgehead atoms. The lowest BCUT2D eigenvalue weighted by Gasteiger charge is -2.33. The van der Waals surface area contributed by atoms with Crippen molar-refractivity contribution in [2.45, 2.75) is 24.5 Å². The summed E-state index contributed by atoms with van der Waals surface area (Å²) < 4.78 is 62.9. The summed E-state index contributed by atoms with van der Waals surface area (Å²) in [5.74, 6) is 0.105. The number of phosphoric acid groups is 3. The molecule has 1 saturated heterocycles. The predicted molar refractivity (Wildman–Crippen MR) is 98.4 cm³/mol. The summed E-state index contributed by atoms with van der Waals surface area (Å²) in [5, 5.41) is 0. The van der Waals surface area contributed by atoms with Crippen LogP contribution < -0.4 is 20.4 Å². The topological polar surface area (TPSA) is 266 Å². The van der Waals surface area contributed by atoms with Gasteiger partial charge in [-0.05, 0) is 0 Å². The Balaban J connectivity index is 1.77.